The van der Waals surface area contributed by atoms with E-state index in [9.17, 15) is 9.59 Å². The number of anilines is 1. The van der Waals surface area contributed by atoms with Gasteiger partial charge in [0.2, 0.25) is 11.8 Å². The molecule has 0 aliphatic carbocycles. The highest BCUT2D eigenvalue weighted by Gasteiger charge is 2.29. The molecule has 1 aliphatic rings. The van der Waals surface area contributed by atoms with Gasteiger partial charge < -0.3 is 16.0 Å². The van der Waals surface area contributed by atoms with Crippen LogP contribution in [-0.2, 0) is 9.59 Å². The first kappa shape index (κ1) is 14.4. The Hall–Kier alpha value is -2.04. The van der Waals surface area contributed by atoms with Crippen LogP contribution in [0.15, 0.2) is 24.3 Å². The third kappa shape index (κ3) is 3.10. The predicted molar refractivity (Wildman–Crippen MR) is 78.6 cm³/mol. The van der Waals surface area contributed by atoms with Gasteiger partial charge in [-0.25, -0.2) is 0 Å². The molecule has 1 aromatic carbocycles. The molecular weight excluding hydrogens is 254 g/mol. The minimum Gasteiger partial charge on any atom is -0.384 e. The zero-order valence-corrected chi connectivity index (χ0v) is 12.1. The minimum atomic E-state index is -0.530. The number of rotatable bonds is 4. The Morgan fingerprint density at radius 2 is 1.90 bits per heavy atom. The maximum atomic E-state index is 12.3. The average Bonchev–Trinajstić information content (AvgIpc) is 2.81. The Kier molecular flexibility index (Phi) is 4.27. The first-order valence-electron chi connectivity index (χ1n) is 6.92. The van der Waals surface area contributed by atoms with Crippen molar-refractivity contribution in [2.45, 2.75) is 38.8 Å². The number of amides is 2. The van der Waals surface area contributed by atoms with Gasteiger partial charge in [-0.2, -0.15) is 0 Å². The van der Waals surface area contributed by atoms with E-state index in [2.05, 4.69) is 16.0 Å². The standard InChI is InChI=1S/C15H21N3O2/c1-9(2)17-14(19)10(3)18-15(20)12-8-16-13-7-5-4-6-11(12)13/h4-7,9-10,12,16H,8H2,1-3H3,(H,17,19)(H,18,20). The number of hydrogen-bond donors (Lipinski definition) is 3. The molecule has 0 aromatic heterocycles. The molecule has 2 unspecified atom stereocenters. The Labute approximate surface area is 119 Å². The fourth-order valence-corrected chi connectivity index (χ4v) is 2.31. The molecule has 3 N–H and O–H groups in total. The summed E-state index contributed by atoms with van der Waals surface area (Å²) in [6.07, 6.45) is 0. The quantitative estimate of drug-likeness (QED) is 0.774. The highest BCUT2D eigenvalue weighted by molar-refractivity contribution is 5.92. The van der Waals surface area contributed by atoms with Gasteiger partial charge in [-0.1, -0.05) is 18.2 Å². The van der Waals surface area contributed by atoms with Crippen LogP contribution in [0.2, 0.25) is 0 Å². The fourth-order valence-electron chi connectivity index (χ4n) is 2.31. The van der Waals surface area contributed by atoms with E-state index in [1.165, 1.54) is 0 Å². The SMILES string of the molecule is CC(C)NC(=O)C(C)NC(=O)C1CNc2ccccc21. The van der Waals surface area contributed by atoms with E-state index in [0.29, 0.717) is 6.54 Å². The smallest absolute Gasteiger partial charge is 0.242 e. The lowest BCUT2D eigenvalue weighted by molar-refractivity contribution is -0.129. The normalized spacial score (nSPS) is 18.1. The van der Waals surface area contributed by atoms with Gasteiger partial charge in [-0.3, -0.25) is 9.59 Å². The molecule has 2 rings (SSSR count). The lowest BCUT2D eigenvalue weighted by Gasteiger charge is -2.18. The fraction of sp³-hybridized carbons (Fsp3) is 0.467. The largest absolute Gasteiger partial charge is 0.384 e. The van der Waals surface area contributed by atoms with E-state index in [1.807, 2.05) is 38.1 Å². The van der Waals surface area contributed by atoms with E-state index in [4.69, 9.17) is 0 Å². The van der Waals surface area contributed by atoms with E-state index in [-0.39, 0.29) is 23.8 Å². The van der Waals surface area contributed by atoms with E-state index >= 15 is 0 Å². The number of carbonyl (C=O) groups is 2. The number of carbonyl (C=O) groups excluding carboxylic acids is 2. The summed E-state index contributed by atoms with van der Waals surface area (Å²) in [4.78, 5) is 24.1. The molecule has 1 aliphatic heterocycles. The van der Waals surface area contributed by atoms with Gasteiger partial charge in [-0.15, -0.1) is 0 Å². The lowest BCUT2D eigenvalue weighted by Crippen LogP contribution is -2.48. The van der Waals surface area contributed by atoms with Gasteiger partial charge in [0.25, 0.3) is 0 Å². The number of fused-ring (bicyclic) bond motifs is 1. The topological polar surface area (TPSA) is 70.2 Å². The first-order chi connectivity index (χ1) is 9.49. The summed E-state index contributed by atoms with van der Waals surface area (Å²) in [7, 11) is 0. The third-order valence-electron chi connectivity index (χ3n) is 3.33. The van der Waals surface area contributed by atoms with Crippen molar-refractivity contribution in [3.63, 3.8) is 0 Å². The molecular formula is C15H21N3O2. The summed E-state index contributed by atoms with van der Waals surface area (Å²) in [5, 5.41) is 8.77. The molecule has 1 heterocycles. The maximum absolute atomic E-state index is 12.3. The zero-order chi connectivity index (χ0) is 14.7. The van der Waals surface area contributed by atoms with Crippen LogP contribution in [0.5, 0.6) is 0 Å². The number of nitrogens with one attached hydrogen (secondary N) is 3. The average molecular weight is 275 g/mol. The summed E-state index contributed by atoms with van der Waals surface area (Å²) in [5.41, 5.74) is 1.98. The molecule has 0 radical (unpaired) electrons. The third-order valence-corrected chi connectivity index (χ3v) is 3.33. The Morgan fingerprint density at radius 1 is 1.20 bits per heavy atom. The van der Waals surface area contributed by atoms with Gasteiger partial charge in [0.15, 0.2) is 0 Å². The van der Waals surface area contributed by atoms with Crippen LogP contribution in [0.1, 0.15) is 32.3 Å². The van der Waals surface area contributed by atoms with Gasteiger partial charge in [0, 0.05) is 18.3 Å². The Morgan fingerprint density at radius 3 is 2.60 bits per heavy atom. The number of benzene rings is 1. The summed E-state index contributed by atoms with van der Waals surface area (Å²) in [6, 6.07) is 7.29. The van der Waals surface area contributed by atoms with Crippen molar-refractivity contribution in [3.05, 3.63) is 29.8 Å². The van der Waals surface area contributed by atoms with Crippen molar-refractivity contribution in [1.82, 2.24) is 10.6 Å². The molecule has 0 saturated carbocycles. The summed E-state index contributed by atoms with van der Waals surface area (Å²) >= 11 is 0. The highest BCUT2D eigenvalue weighted by atomic mass is 16.2. The van der Waals surface area contributed by atoms with E-state index < -0.39 is 6.04 Å². The molecule has 108 valence electrons. The maximum Gasteiger partial charge on any atom is 0.242 e. The van der Waals surface area contributed by atoms with Crippen LogP contribution in [0, 0.1) is 0 Å². The Balaban J connectivity index is 1.98. The van der Waals surface area contributed by atoms with Crippen molar-refractivity contribution in [2.75, 3.05) is 11.9 Å². The minimum absolute atomic E-state index is 0.0655. The van der Waals surface area contributed by atoms with Crippen LogP contribution in [-0.4, -0.2) is 30.4 Å². The molecule has 0 spiro atoms. The molecule has 5 nitrogen and oxygen atoms in total. The van der Waals surface area contributed by atoms with Gasteiger partial charge >= 0.3 is 0 Å². The molecule has 2 atom stereocenters. The van der Waals surface area contributed by atoms with Crippen molar-refractivity contribution in [2.24, 2.45) is 0 Å². The van der Waals surface area contributed by atoms with Crippen molar-refractivity contribution in [3.8, 4) is 0 Å². The van der Waals surface area contributed by atoms with Gasteiger partial charge in [-0.05, 0) is 32.4 Å². The second kappa shape index (κ2) is 5.94. The van der Waals surface area contributed by atoms with Crippen LogP contribution in [0.3, 0.4) is 0 Å². The molecule has 0 bridgehead atoms. The second-order valence-corrected chi connectivity index (χ2v) is 5.41. The molecule has 1 aromatic rings. The summed E-state index contributed by atoms with van der Waals surface area (Å²) in [6.45, 7) is 6.06. The van der Waals surface area contributed by atoms with Crippen LogP contribution >= 0.6 is 0 Å². The summed E-state index contributed by atoms with van der Waals surface area (Å²) < 4.78 is 0. The molecule has 2 amide bonds. The highest BCUT2D eigenvalue weighted by Crippen LogP contribution is 2.30. The van der Waals surface area contributed by atoms with Crippen LogP contribution in [0.4, 0.5) is 5.69 Å². The van der Waals surface area contributed by atoms with Crippen molar-refractivity contribution < 1.29 is 9.59 Å². The monoisotopic (exact) mass is 275 g/mol. The van der Waals surface area contributed by atoms with Gasteiger partial charge in [0.1, 0.15) is 6.04 Å². The van der Waals surface area contributed by atoms with Crippen molar-refractivity contribution >= 4 is 17.5 Å². The number of para-hydroxylation sites is 1. The van der Waals surface area contributed by atoms with Crippen LogP contribution < -0.4 is 16.0 Å². The Bertz CT molecular complexity index is 514. The van der Waals surface area contributed by atoms with Crippen LogP contribution in [0.25, 0.3) is 0 Å². The van der Waals surface area contributed by atoms with Crippen molar-refractivity contribution in [1.29, 1.82) is 0 Å². The molecule has 20 heavy (non-hydrogen) atoms. The van der Waals surface area contributed by atoms with E-state index in [0.717, 1.165) is 11.3 Å². The predicted octanol–water partition coefficient (Wildman–Crippen LogP) is 1.22. The zero-order valence-electron chi connectivity index (χ0n) is 12.1. The number of hydrogen-bond acceptors (Lipinski definition) is 3. The first-order valence-corrected chi connectivity index (χ1v) is 6.92. The molecule has 5 heteroatoms. The summed E-state index contributed by atoms with van der Waals surface area (Å²) in [5.74, 6) is -0.512. The van der Waals surface area contributed by atoms with E-state index in [1.54, 1.807) is 6.92 Å². The molecule has 0 saturated heterocycles. The van der Waals surface area contributed by atoms with Gasteiger partial charge in [0.05, 0.1) is 5.92 Å². The molecule has 0 fully saturated rings. The lowest BCUT2D eigenvalue weighted by atomic mass is 10.0. The second-order valence-electron chi connectivity index (χ2n) is 5.41.